The maximum absolute atomic E-state index is 11.2. The molecule has 1 amide bonds. The number of thiol groups is 2. The minimum atomic E-state index is 0.00468. The van der Waals surface area contributed by atoms with E-state index in [1.807, 2.05) is 31.3 Å². The largest absolute Gasteiger partial charge is 0.488 e. The van der Waals surface area contributed by atoms with Gasteiger partial charge in [0.2, 0.25) is 5.91 Å². The fraction of sp³-hybridized carbons (Fsp3) is 0.385. The molecule has 1 aliphatic heterocycles. The van der Waals surface area contributed by atoms with Gasteiger partial charge < -0.3 is 10.1 Å². The Kier molecular flexibility index (Phi) is 5.19. The average molecular weight is 311 g/mol. The Morgan fingerprint density at radius 1 is 1.50 bits per heavy atom. The highest BCUT2D eigenvalue weighted by Crippen LogP contribution is 2.24. The van der Waals surface area contributed by atoms with E-state index in [2.05, 4.69) is 33.7 Å². The number of pyridine rings is 1. The molecule has 2 atom stereocenters. The Morgan fingerprint density at radius 2 is 2.30 bits per heavy atom. The minimum Gasteiger partial charge on any atom is -0.488 e. The molecule has 108 valence electrons. The summed E-state index contributed by atoms with van der Waals surface area (Å²) in [7, 11) is 0. The Labute approximate surface area is 127 Å². The first-order valence-corrected chi connectivity index (χ1v) is 7.90. The van der Waals surface area contributed by atoms with Crippen molar-refractivity contribution >= 4 is 34.7 Å². The van der Waals surface area contributed by atoms with Crippen LogP contribution in [0.1, 0.15) is 13.3 Å². The maximum atomic E-state index is 11.2. The summed E-state index contributed by atoms with van der Waals surface area (Å²) in [4.78, 5) is 11.2. The Hall–Kier alpha value is -1.34. The van der Waals surface area contributed by atoms with E-state index in [4.69, 9.17) is 4.74 Å². The Morgan fingerprint density at radius 3 is 3.00 bits per heavy atom. The van der Waals surface area contributed by atoms with Gasteiger partial charge in [-0.2, -0.15) is 5.10 Å². The summed E-state index contributed by atoms with van der Waals surface area (Å²) < 4.78 is 7.74. The number of hydrogen-bond acceptors (Lipinski definition) is 5. The van der Waals surface area contributed by atoms with Crippen LogP contribution in [-0.2, 0) is 4.79 Å². The van der Waals surface area contributed by atoms with Gasteiger partial charge >= 0.3 is 0 Å². The molecule has 0 bridgehead atoms. The van der Waals surface area contributed by atoms with Gasteiger partial charge in [0.05, 0.1) is 6.20 Å². The third-order valence-corrected chi connectivity index (χ3v) is 3.38. The smallest absolute Gasteiger partial charge is 0.220 e. The molecule has 20 heavy (non-hydrogen) atoms. The second kappa shape index (κ2) is 6.90. The molecule has 1 saturated heterocycles. The second-order valence-electron chi connectivity index (χ2n) is 4.62. The number of aromatic nitrogens is 2. The van der Waals surface area contributed by atoms with Crippen LogP contribution in [0.25, 0.3) is 5.52 Å². The molecule has 1 aliphatic rings. The highest BCUT2D eigenvalue weighted by atomic mass is 33.1. The van der Waals surface area contributed by atoms with Gasteiger partial charge in [-0.05, 0) is 25.1 Å². The molecule has 0 spiro atoms. The van der Waals surface area contributed by atoms with Crippen molar-refractivity contribution in [2.75, 3.05) is 6.54 Å². The van der Waals surface area contributed by atoms with Crippen LogP contribution in [0.5, 0.6) is 5.75 Å². The van der Waals surface area contributed by atoms with Crippen molar-refractivity contribution in [3.8, 4) is 5.75 Å². The number of hydrogen-bond donors (Lipinski definition) is 3. The van der Waals surface area contributed by atoms with Crippen LogP contribution in [0.4, 0.5) is 0 Å². The van der Waals surface area contributed by atoms with E-state index >= 15 is 0 Å². The fourth-order valence-corrected chi connectivity index (χ4v) is 2.28. The molecular weight excluding hydrogens is 294 g/mol. The monoisotopic (exact) mass is 311 g/mol. The van der Waals surface area contributed by atoms with Gasteiger partial charge in [0.25, 0.3) is 0 Å². The predicted molar refractivity (Wildman–Crippen MR) is 84.4 cm³/mol. The van der Waals surface area contributed by atoms with Crippen LogP contribution in [-0.4, -0.2) is 28.2 Å². The third kappa shape index (κ3) is 3.21. The molecule has 2 aromatic heterocycles. The van der Waals surface area contributed by atoms with Gasteiger partial charge in [0.1, 0.15) is 17.4 Å². The Balaban J connectivity index is 0.000000704. The first-order chi connectivity index (χ1) is 9.74. The molecule has 0 aromatic carbocycles. The first-order valence-electron chi connectivity index (χ1n) is 6.30. The number of rotatable bonds is 3. The van der Waals surface area contributed by atoms with Gasteiger partial charge in [-0.25, -0.2) is 4.52 Å². The van der Waals surface area contributed by atoms with Crippen molar-refractivity contribution in [3.63, 3.8) is 0 Å². The summed E-state index contributed by atoms with van der Waals surface area (Å²) in [6.07, 6.45) is 4.18. The lowest BCUT2D eigenvalue weighted by Gasteiger charge is -2.19. The molecule has 1 fully saturated rings. The molecule has 2 unspecified atom stereocenters. The van der Waals surface area contributed by atoms with Crippen LogP contribution in [0.2, 0.25) is 0 Å². The van der Waals surface area contributed by atoms with Crippen molar-refractivity contribution < 1.29 is 9.53 Å². The standard InChI is InChI=1S/C13H15N3O2.H2S2/c1-9(10-7-13(17)14-8-10)18-12-3-2-6-16-11(12)4-5-15-16;1-2/h2-6,9-10H,7-8H2,1H3,(H,14,17);1-2H. The lowest BCUT2D eigenvalue weighted by Crippen LogP contribution is -2.25. The van der Waals surface area contributed by atoms with Crippen LogP contribution < -0.4 is 10.1 Å². The van der Waals surface area contributed by atoms with E-state index in [0.29, 0.717) is 13.0 Å². The van der Waals surface area contributed by atoms with Crippen LogP contribution in [0, 0.1) is 5.92 Å². The second-order valence-corrected chi connectivity index (χ2v) is 4.62. The van der Waals surface area contributed by atoms with E-state index in [1.165, 1.54) is 0 Å². The zero-order valence-corrected chi connectivity index (χ0v) is 12.8. The fourth-order valence-electron chi connectivity index (χ4n) is 2.28. The molecule has 5 nitrogen and oxygen atoms in total. The van der Waals surface area contributed by atoms with E-state index in [1.54, 1.807) is 10.7 Å². The maximum Gasteiger partial charge on any atom is 0.220 e. The summed E-state index contributed by atoms with van der Waals surface area (Å²) in [6.45, 7) is 2.70. The number of ether oxygens (including phenoxy) is 1. The Bertz CT molecular complexity index is 588. The SMILES string of the molecule is CC(Oc1cccn2nccc12)C1CNC(=O)C1.SS. The summed E-state index contributed by atoms with van der Waals surface area (Å²) >= 11 is 6.44. The normalized spacial score (nSPS) is 19.1. The van der Waals surface area contributed by atoms with Gasteiger partial charge in [-0.15, -0.1) is 23.3 Å². The van der Waals surface area contributed by atoms with Crippen LogP contribution in [0.15, 0.2) is 30.6 Å². The minimum absolute atomic E-state index is 0.00468. The van der Waals surface area contributed by atoms with Crippen molar-refractivity contribution in [1.29, 1.82) is 0 Å². The van der Waals surface area contributed by atoms with E-state index in [9.17, 15) is 4.79 Å². The first kappa shape index (κ1) is 15.1. The molecule has 7 heteroatoms. The van der Waals surface area contributed by atoms with E-state index < -0.39 is 0 Å². The van der Waals surface area contributed by atoms with Gasteiger partial charge in [0.15, 0.2) is 0 Å². The molecule has 1 N–H and O–H groups in total. The van der Waals surface area contributed by atoms with Gasteiger partial charge in [-0.1, -0.05) is 0 Å². The number of carbonyl (C=O) groups excluding carboxylic acids is 1. The number of carbonyl (C=O) groups is 1. The summed E-state index contributed by atoms with van der Waals surface area (Å²) in [5.41, 5.74) is 0.946. The number of amides is 1. The van der Waals surface area contributed by atoms with Crippen LogP contribution >= 0.6 is 23.3 Å². The number of nitrogens with one attached hydrogen (secondary N) is 1. The van der Waals surface area contributed by atoms with E-state index in [0.717, 1.165) is 11.3 Å². The molecule has 2 aromatic rings. The predicted octanol–water partition coefficient (Wildman–Crippen LogP) is 2.00. The topological polar surface area (TPSA) is 55.6 Å². The van der Waals surface area contributed by atoms with Crippen LogP contribution in [0.3, 0.4) is 0 Å². The molecule has 0 saturated carbocycles. The molecule has 3 rings (SSSR count). The lowest BCUT2D eigenvalue weighted by atomic mass is 10.0. The van der Waals surface area contributed by atoms with Gasteiger partial charge in [0, 0.05) is 25.1 Å². The molecule has 0 radical (unpaired) electrons. The zero-order valence-electron chi connectivity index (χ0n) is 11.1. The summed E-state index contributed by atoms with van der Waals surface area (Å²) in [6, 6.07) is 5.75. The van der Waals surface area contributed by atoms with Crippen molar-refractivity contribution in [2.45, 2.75) is 19.4 Å². The summed E-state index contributed by atoms with van der Waals surface area (Å²) in [5, 5.41) is 7.00. The zero-order chi connectivity index (χ0) is 14.5. The van der Waals surface area contributed by atoms with Crippen molar-refractivity contribution in [3.05, 3.63) is 30.6 Å². The highest BCUT2D eigenvalue weighted by Gasteiger charge is 2.28. The third-order valence-electron chi connectivity index (χ3n) is 3.38. The molecular formula is C13H17N3O2S2. The molecule has 0 aliphatic carbocycles. The lowest BCUT2D eigenvalue weighted by molar-refractivity contribution is -0.119. The summed E-state index contributed by atoms with van der Waals surface area (Å²) in [5.74, 6) is 1.15. The average Bonchev–Trinajstić information content (AvgIpc) is 3.10. The highest BCUT2D eigenvalue weighted by molar-refractivity contribution is 8.59. The van der Waals surface area contributed by atoms with E-state index in [-0.39, 0.29) is 17.9 Å². The number of fused-ring (bicyclic) bond motifs is 1. The van der Waals surface area contributed by atoms with Crippen molar-refractivity contribution in [2.24, 2.45) is 5.92 Å². The quantitative estimate of drug-likeness (QED) is 0.600. The van der Waals surface area contributed by atoms with Gasteiger partial charge in [-0.3, -0.25) is 4.79 Å². The number of nitrogens with zero attached hydrogens (tertiary/aromatic N) is 2. The molecule has 3 heterocycles. The van der Waals surface area contributed by atoms with Crippen molar-refractivity contribution in [1.82, 2.24) is 14.9 Å².